The van der Waals surface area contributed by atoms with Gasteiger partial charge < -0.3 is 31.3 Å². The van der Waals surface area contributed by atoms with E-state index in [1.807, 2.05) is 0 Å². The number of likely N-dealkylation sites (tertiary alicyclic amines) is 2. The number of nitrogens with one attached hydrogen (secondary N) is 1. The molecule has 8 heteroatoms. The van der Waals surface area contributed by atoms with Crippen LogP contribution in [0.1, 0.15) is 42.5 Å². The molecule has 7 nitrogen and oxygen atoms in total. The van der Waals surface area contributed by atoms with Gasteiger partial charge >= 0.3 is 0 Å². The van der Waals surface area contributed by atoms with Crippen LogP contribution in [0.5, 0.6) is 5.75 Å². The van der Waals surface area contributed by atoms with Gasteiger partial charge in [-0.2, -0.15) is 0 Å². The summed E-state index contributed by atoms with van der Waals surface area (Å²) in [5, 5.41) is 3.18. The van der Waals surface area contributed by atoms with Crippen molar-refractivity contribution in [1.29, 1.82) is 0 Å². The first-order valence-electron chi connectivity index (χ1n) is 11.1. The highest BCUT2D eigenvalue weighted by atomic mass is 79.9. The van der Waals surface area contributed by atoms with Crippen LogP contribution < -0.4 is 21.5 Å². The quantitative estimate of drug-likeness (QED) is 0.492. The second-order valence-corrected chi connectivity index (χ2v) is 9.40. The van der Waals surface area contributed by atoms with Crippen LogP contribution in [0.2, 0.25) is 0 Å². The van der Waals surface area contributed by atoms with Crippen LogP contribution in [0, 0.1) is 5.92 Å². The number of ether oxygens (including phenoxy) is 1. The highest BCUT2D eigenvalue weighted by Crippen LogP contribution is 2.29. The number of anilines is 1. The van der Waals surface area contributed by atoms with Gasteiger partial charge in [0.2, 0.25) is 0 Å². The summed E-state index contributed by atoms with van der Waals surface area (Å²) < 4.78 is 6.05. The van der Waals surface area contributed by atoms with E-state index in [1.54, 1.807) is 19.2 Å². The van der Waals surface area contributed by atoms with E-state index in [4.69, 9.17) is 16.2 Å². The lowest BCUT2D eigenvalue weighted by Gasteiger charge is -2.37. The third-order valence-electron chi connectivity index (χ3n) is 6.39. The predicted octanol–water partition coefficient (Wildman–Crippen LogP) is 2.29. The minimum atomic E-state index is -0.101. The number of hydrogen-bond acceptors (Lipinski definition) is 6. The fourth-order valence-electron chi connectivity index (χ4n) is 4.51. The van der Waals surface area contributed by atoms with E-state index < -0.39 is 0 Å². The number of amides is 1. The number of nitrogen functional groups attached to an aromatic ring is 1. The Bertz CT molecular complexity index is 701. The van der Waals surface area contributed by atoms with Gasteiger partial charge in [0.1, 0.15) is 5.75 Å². The van der Waals surface area contributed by atoms with Gasteiger partial charge in [0.25, 0.3) is 5.91 Å². The molecule has 0 atom stereocenters. The number of methoxy groups -OCH3 is 1. The van der Waals surface area contributed by atoms with E-state index in [1.165, 1.54) is 32.5 Å². The summed E-state index contributed by atoms with van der Waals surface area (Å²) in [6.07, 6.45) is 5.64. The van der Waals surface area contributed by atoms with Gasteiger partial charge in [-0.15, -0.1) is 0 Å². The summed E-state index contributed by atoms with van der Waals surface area (Å²) in [5.41, 5.74) is 12.6. The summed E-state index contributed by atoms with van der Waals surface area (Å²) in [4.78, 5) is 17.9. The number of carbonyl (C=O) groups is 1. The van der Waals surface area contributed by atoms with Crippen LogP contribution in [-0.2, 0) is 0 Å². The zero-order chi connectivity index (χ0) is 21.5. The third kappa shape index (κ3) is 6.33. The lowest BCUT2D eigenvalue weighted by Crippen LogP contribution is -2.47. The Morgan fingerprint density at radius 3 is 2.47 bits per heavy atom. The van der Waals surface area contributed by atoms with Gasteiger partial charge in [0, 0.05) is 41.9 Å². The molecule has 3 rings (SSSR count). The molecule has 2 heterocycles. The lowest BCUT2D eigenvalue weighted by molar-refractivity contribution is 0.0888. The predicted molar refractivity (Wildman–Crippen MR) is 125 cm³/mol. The smallest absolute Gasteiger partial charge is 0.255 e. The molecule has 168 valence electrons. The average Bonchev–Trinajstić information content (AvgIpc) is 2.76. The first-order valence-corrected chi connectivity index (χ1v) is 11.9. The van der Waals surface area contributed by atoms with Gasteiger partial charge in [-0.3, -0.25) is 4.79 Å². The van der Waals surface area contributed by atoms with E-state index in [9.17, 15) is 4.79 Å². The number of nitrogens with two attached hydrogens (primary N) is 2. The molecule has 0 radical (unpaired) electrons. The standard InChI is InChI=1S/C22H36BrN5O2/c1-30-21-14-20(25)19(23)13-18(21)22(29)26-17-5-11-28(12-6-17)15-16-3-9-27(10-4-16)8-2-7-24/h13-14,16-17H,2-12,15,24-25H2,1H3,(H,26,29). The maximum absolute atomic E-state index is 12.8. The number of halogens is 1. The molecule has 0 spiro atoms. The monoisotopic (exact) mass is 481 g/mol. The molecule has 0 aliphatic carbocycles. The summed E-state index contributed by atoms with van der Waals surface area (Å²) >= 11 is 3.40. The molecule has 0 unspecified atom stereocenters. The molecule has 1 aromatic rings. The number of piperidine rings is 2. The number of benzene rings is 1. The van der Waals surface area contributed by atoms with Crippen molar-refractivity contribution in [1.82, 2.24) is 15.1 Å². The first-order chi connectivity index (χ1) is 14.5. The Morgan fingerprint density at radius 1 is 1.17 bits per heavy atom. The van der Waals surface area contributed by atoms with Gasteiger partial charge in [-0.1, -0.05) is 0 Å². The molecule has 2 saturated heterocycles. The van der Waals surface area contributed by atoms with Crippen molar-refractivity contribution in [3.05, 3.63) is 22.2 Å². The van der Waals surface area contributed by atoms with E-state index in [0.29, 0.717) is 21.5 Å². The van der Waals surface area contributed by atoms with Gasteiger partial charge in [0.15, 0.2) is 0 Å². The summed E-state index contributed by atoms with van der Waals surface area (Å²) in [6, 6.07) is 3.62. The Kier molecular flexibility index (Phi) is 8.80. The number of carbonyl (C=O) groups excluding carboxylic acids is 1. The largest absolute Gasteiger partial charge is 0.496 e. The fourth-order valence-corrected chi connectivity index (χ4v) is 4.85. The second-order valence-electron chi connectivity index (χ2n) is 8.55. The maximum Gasteiger partial charge on any atom is 0.255 e. The second kappa shape index (κ2) is 11.3. The molecule has 2 aliphatic rings. The topological polar surface area (TPSA) is 96.8 Å². The molecular formula is C22H36BrN5O2. The Hall–Kier alpha value is -1.35. The molecule has 2 aliphatic heterocycles. The zero-order valence-electron chi connectivity index (χ0n) is 18.0. The summed E-state index contributed by atoms with van der Waals surface area (Å²) in [6.45, 7) is 7.61. The number of hydrogen-bond donors (Lipinski definition) is 3. The van der Waals surface area contributed by atoms with Crippen molar-refractivity contribution in [2.24, 2.45) is 11.7 Å². The van der Waals surface area contributed by atoms with Crippen molar-refractivity contribution in [2.45, 2.75) is 38.1 Å². The van der Waals surface area contributed by atoms with Crippen molar-refractivity contribution in [3.8, 4) is 5.75 Å². The Balaban J connectivity index is 1.42. The average molecular weight is 482 g/mol. The molecule has 0 saturated carbocycles. The molecule has 0 aromatic heterocycles. The normalized spacial score (nSPS) is 19.7. The Labute approximate surface area is 188 Å². The van der Waals surface area contributed by atoms with Crippen molar-refractivity contribution in [2.75, 3.05) is 58.7 Å². The van der Waals surface area contributed by atoms with E-state index >= 15 is 0 Å². The summed E-state index contributed by atoms with van der Waals surface area (Å²) in [7, 11) is 1.56. The van der Waals surface area contributed by atoms with Crippen LogP contribution >= 0.6 is 15.9 Å². The highest BCUT2D eigenvalue weighted by Gasteiger charge is 2.26. The van der Waals surface area contributed by atoms with Gasteiger partial charge in [-0.25, -0.2) is 0 Å². The number of nitrogens with zero attached hydrogens (tertiary/aromatic N) is 2. The molecule has 1 aromatic carbocycles. The summed E-state index contributed by atoms with van der Waals surface area (Å²) in [5.74, 6) is 1.20. The van der Waals surface area contributed by atoms with Crippen LogP contribution in [0.15, 0.2) is 16.6 Å². The molecule has 5 N–H and O–H groups in total. The van der Waals surface area contributed by atoms with E-state index in [2.05, 4.69) is 31.0 Å². The van der Waals surface area contributed by atoms with Crippen molar-refractivity contribution >= 4 is 27.5 Å². The first kappa shape index (κ1) is 23.3. The van der Waals surface area contributed by atoms with Gasteiger partial charge in [0.05, 0.1) is 12.7 Å². The van der Waals surface area contributed by atoms with Crippen LogP contribution in [0.3, 0.4) is 0 Å². The molecule has 2 fully saturated rings. The SMILES string of the molecule is COc1cc(N)c(Br)cc1C(=O)NC1CCN(CC2CCN(CCCN)CC2)CC1. The maximum atomic E-state index is 12.8. The zero-order valence-corrected chi connectivity index (χ0v) is 19.6. The van der Waals surface area contributed by atoms with Crippen LogP contribution in [0.4, 0.5) is 5.69 Å². The molecule has 1 amide bonds. The molecule has 0 bridgehead atoms. The highest BCUT2D eigenvalue weighted by molar-refractivity contribution is 9.10. The minimum Gasteiger partial charge on any atom is -0.496 e. The van der Waals surface area contributed by atoms with E-state index in [0.717, 1.165) is 51.4 Å². The van der Waals surface area contributed by atoms with Crippen molar-refractivity contribution in [3.63, 3.8) is 0 Å². The number of rotatable bonds is 8. The lowest BCUT2D eigenvalue weighted by atomic mass is 9.94. The molecular weight excluding hydrogens is 446 g/mol. The van der Waals surface area contributed by atoms with E-state index in [-0.39, 0.29) is 11.9 Å². The van der Waals surface area contributed by atoms with Crippen LogP contribution in [0.25, 0.3) is 0 Å². The minimum absolute atomic E-state index is 0.101. The molecule has 30 heavy (non-hydrogen) atoms. The Morgan fingerprint density at radius 2 is 1.83 bits per heavy atom. The van der Waals surface area contributed by atoms with Crippen LogP contribution in [-0.4, -0.2) is 74.7 Å². The third-order valence-corrected chi connectivity index (χ3v) is 7.07. The fraction of sp³-hybridized carbons (Fsp3) is 0.682. The van der Waals surface area contributed by atoms with Gasteiger partial charge in [-0.05, 0) is 86.2 Å². The van der Waals surface area contributed by atoms with Crippen molar-refractivity contribution < 1.29 is 9.53 Å².